The lowest BCUT2D eigenvalue weighted by Gasteiger charge is -2.30. The molecule has 0 bridgehead atoms. The monoisotopic (exact) mass is 350 g/mol. The third-order valence-electron chi connectivity index (χ3n) is 3.59. The molecular weight excluding hydrogens is 335 g/mol. The van der Waals surface area contributed by atoms with E-state index in [4.69, 9.17) is 5.73 Å². The zero-order chi connectivity index (χ0) is 14.8. The van der Waals surface area contributed by atoms with Crippen LogP contribution >= 0.6 is 15.9 Å². The lowest BCUT2D eigenvalue weighted by atomic mass is 10.1. The first-order valence-electron chi connectivity index (χ1n) is 6.92. The largest absolute Gasteiger partial charge is 0.339 e. The van der Waals surface area contributed by atoms with Crippen LogP contribution in [0.2, 0.25) is 0 Å². The highest BCUT2D eigenvalue weighted by molar-refractivity contribution is 9.10. The fourth-order valence-corrected chi connectivity index (χ4v) is 3.09. The van der Waals surface area contributed by atoms with Gasteiger partial charge in [0.1, 0.15) is 5.82 Å². The van der Waals surface area contributed by atoms with Gasteiger partial charge in [0.2, 0.25) is 5.95 Å². The molecule has 0 aliphatic carbocycles. The number of hydrogen-bond donors (Lipinski definition) is 1. The molecule has 2 aromatic rings. The number of hydrogen-bond acceptors (Lipinski definition) is 4. The summed E-state index contributed by atoms with van der Waals surface area (Å²) in [5.74, 6) is 0.404. The number of piperidine rings is 1. The first-order valence-corrected chi connectivity index (χ1v) is 7.72. The fourth-order valence-electron chi connectivity index (χ4n) is 2.54. The zero-order valence-corrected chi connectivity index (χ0v) is 13.1. The van der Waals surface area contributed by atoms with Crippen molar-refractivity contribution in [2.45, 2.75) is 18.9 Å². The van der Waals surface area contributed by atoms with E-state index < -0.39 is 0 Å². The van der Waals surface area contributed by atoms with Crippen LogP contribution in [0.5, 0.6) is 0 Å². The van der Waals surface area contributed by atoms with E-state index in [0.29, 0.717) is 10.4 Å². The van der Waals surface area contributed by atoms with Gasteiger partial charge < -0.3 is 10.6 Å². The minimum atomic E-state index is -0.276. The molecule has 4 nitrogen and oxygen atoms in total. The van der Waals surface area contributed by atoms with Crippen LogP contribution < -0.4 is 10.6 Å². The van der Waals surface area contributed by atoms with Crippen LogP contribution in [-0.4, -0.2) is 29.1 Å². The molecule has 0 spiro atoms. The molecule has 0 saturated carbocycles. The Bertz CT molecular complexity index is 649. The average Bonchev–Trinajstić information content (AvgIpc) is 2.47. The number of nitrogens with zero attached hydrogens (tertiary/aromatic N) is 3. The van der Waals surface area contributed by atoms with Crippen molar-refractivity contribution in [1.82, 2.24) is 9.97 Å². The van der Waals surface area contributed by atoms with Gasteiger partial charge >= 0.3 is 0 Å². The average molecular weight is 351 g/mol. The van der Waals surface area contributed by atoms with Crippen LogP contribution in [0.4, 0.5) is 10.3 Å². The number of nitrogens with two attached hydrogens (primary N) is 1. The first-order chi connectivity index (χ1) is 10.1. The van der Waals surface area contributed by atoms with Gasteiger partial charge in [-0.05, 0) is 53.0 Å². The molecule has 21 heavy (non-hydrogen) atoms. The zero-order valence-electron chi connectivity index (χ0n) is 11.5. The lowest BCUT2D eigenvalue weighted by Crippen LogP contribution is -2.43. The Morgan fingerprint density at radius 1 is 1.33 bits per heavy atom. The van der Waals surface area contributed by atoms with E-state index in [9.17, 15) is 4.39 Å². The number of aromatic nitrogens is 2. The molecule has 1 aromatic heterocycles. The summed E-state index contributed by atoms with van der Waals surface area (Å²) in [5, 5.41) is 0. The van der Waals surface area contributed by atoms with Crippen molar-refractivity contribution in [2.24, 2.45) is 5.73 Å². The molecule has 2 heterocycles. The van der Waals surface area contributed by atoms with Crippen molar-refractivity contribution in [3.05, 3.63) is 40.8 Å². The third-order valence-corrected chi connectivity index (χ3v) is 4.25. The molecule has 110 valence electrons. The minimum Gasteiger partial charge on any atom is -0.339 e. The van der Waals surface area contributed by atoms with Crippen molar-refractivity contribution in [3.8, 4) is 11.3 Å². The van der Waals surface area contributed by atoms with E-state index in [1.54, 1.807) is 12.3 Å². The first kappa shape index (κ1) is 14.4. The number of halogens is 2. The molecule has 1 aliphatic heterocycles. The maximum absolute atomic E-state index is 13.2. The Kier molecular flexibility index (Phi) is 4.17. The maximum Gasteiger partial charge on any atom is 0.225 e. The summed E-state index contributed by atoms with van der Waals surface area (Å²) in [4.78, 5) is 11.0. The molecule has 1 fully saturated rings. The quantitative estimate of drug-likeness (QED) is 0.904. The summed E-state index contributed by atoms with van der Waals surface area (Å²) in [5.41, 5.74) is 7.62. The summed E-state index contributed by atoms with van der Waals surface area (Å²) in [6.45, 7) is 1.69. The molecule has 0 radical (unpaired) electrons. The normalized spacial score (nSPS) is 18.8. The van der Waals surface area contributed by atoms with Gasteiger partial charge in [-0.3, -0.25) is 0 Å². The molecule has 2 N–H and O–H groups in total. The topological polar surface area (TPSA) is 55.0 Å². The molecule has 6 heteroatoms. The van der Waals surface area contributed by atoms with Crippen molar-refractivity contribution in [2.75, 3.05) is 18.0 Å². The summed E-state index contributed by atoms with van der Waals surface area (Å²) >= 11 is 3.38. The number of rotatable bonds is 2. The van der Waals surface area contributed by atoms with Crippen molar-refractivity contribution < 1.29 is 4.39 Å². The van der Waals surface area contributed by atoms with Crippen molar-refractivity contribution in [3.63, 3.8) is 0 Å². The Morgan fingerprint density at radius 3 is 2.95 bits per heavy atom. The molecule has 1 aliphatic rings. The van der Waals surface area contributed by atoms with Crippen LogP contribution in [0, 0.1) is 5.82 Å². The Balaban J connectivity index is 1.92. The number of benzene rings is 1. The molecular formula is C15H16BrFN4. The Labute approximate surface area is 131 Å². The third kappa shape index (κ3) is 3.22. The number of anilines is 1. The van der Waals surface area contributed by atoms with Crippen LogP contribution in [0.3, 0.4) is 0 Å². The molecule has 3 rings (SSSR count). The van der Waals surface area contributed by atoms with Gasteiger partial charge in [-0.15, -0.1) is 0 Å². The van der Waals surface area contributed by atoms with Crippen LogP contribution in [0.15, 0.2) is 34.9 Å². The second-order valence-corrected chi connectivity index (χ2v) is 6.07. The Morgan fingerprint density at radius 2 is 2.19 bits per heavy atom. The highest BCUT2D eigenvalue weighted by atomic mass is 79.9. The van der Waals surface area contributed by atoms with Gasteiger partial charge in [-0.1, -0.05) is 0 Å². The van der Waals surface area contributed by atoms with Crippen LogP contribution in [0.25, 0.3) is 11.3 Å². The van der Waals surface area contributed by atoms with E-state index >= 15 is 0 Å². The van der Waals surface area contributed by atoms with Crippen molar-refractivity contribution >= 4 is 21.9 Å². The maximum atomic E-state index is 13.2. The minimum absolute atomic E-state index is 0.170. The summed E-state index contributed by atoms with van der Waals surface area (Å²) in [7, 11) is 0. The second-order valence-electron chi connectivity index (χ2n) is 5.21. The summed E-state index contributed by atoms with van der Waals surface area (Å²) in [6.07, 6.45) is 3.82. The predicted molar refractivity (Wildman–Crippen MR) is 84.5 cm³/mol. The molecule has 1 atom stereocenters. The second kappa shape index (κ2) is 6.07. The van der Waals surface area contributed by atoms with E-state index in [1.807, 2.05) is 6.07 Å². The molecule has 1 unspecified atom stereocenters. The van der Waals surface area contributed by atoms with E-state index in [0.717, 1.165) is 37.2 Å². The Hall–Kier alpha value is -1.53. The highest BCUT2D eigenvalue weighted by Gasteiger charge is 2.19. The van der Waals surface area contributed by atoms with Crippen LogP contribution in [-0.2, 0) is 0 Å². The standard InChI is InChI=1S/C15H16BrFN4/c16-13-8-10(17)3-4-12(13)14-5-6-19-15(20-14)21-7-1-2-11(18)9-21/h3-6,8,11H,1-2,7,9,18H2. The molecule has 0 amide bonds. The van der Waals surface area contributed by atoms with E-state index in [-0.39, 0.29) is 11.9 Å². The van der Waals surface area contributed by atoms with Gasteiger partial charge in [0.05, 0.1) is 5.69 Å². The smallest absolute Gasteiger partial charge is 0.225 e. The SMILES string of the molecule is NC1CCCN(c2nccc(-c3ccc(F)cc3Br)n2)C1. The lowest BCUT2D eigenvalue weighted by molar-refractivity contribution is 0.500. The van der Waals surface area contributed by atoms with Crippen molar-refractivity contribution in [1.29, 1.82) is 0 Å². The summed E-state index contributed by atoms with van der Waals surface area (Å²) in [6, 6.07) is 6.58. The van der Waals surface area contributed by atoms with E-state index in [2.05, 4.69) is 30.8 Å². The predicted octanol–water partition coefficient (Wildman–Crippen LogP) is 2.97. The fraction of sp³-hybridized carbons (Fsp3) is 0.333. The molecule has 1 saturated heterocycles. The van der Waals surface area contributed by atoms with Crippen LogP contribution in [0.1, 0.15) is 12.8 Å². The van der Waals surface area contributed by atoms with Gasteiger partial charge in [-0.2, -0.15) is 0 Å². The van der Waals surface area contributed by atoms with Gasteiger partial charge in [0, 0.05) is 35.4 Å². The van der Waals surface area contributed by atoms with Gasteiger partial charge in [0.15, 0.2) is 0 Å². The summed E-state index contributed by atoms with van der Waals surface area (Å²) < 4.78 is 13.9. The van der Waals surface area contributed by atoms with E-state index in [1.165, 1.54) is 12.1 Å². The van der Waals surface area contributed by atoms with Gasteiger partial charge in [0.25, 0.3) is 0 Å². The highest BCUT2D eigenvalue weighted by Crippen LogP contribution is 2.28. The molecule has 1 aromatic carbocycles. The van der Waals surface area contributed by atoms with Gasteiger partial charge in [-0.25, -0.2) is 14.4 Å².